The Balaban J connectivity index is 2.37. The summed E-state index contributed by atoms with van der Waals surface area (Å²) >= 11 is 0. The fraction of sp³-hybridized carbons (Fsp3) is 0.909. The van der Waals surface area contributed by atoms with E-state index >= 15 is 0 Å². The largest absolute Gasteiger partial charge is 0.364 e. The lowest BCUT2D eigenvalue weighted by Gasteiger charge is -2.24. The Labute approximate surface area is 92.0 Å². The van der Waals surface area contributed by atoms with E-state index in [0.29, 0.717) is 0 Å². The fourth-order valence-corrected chi connectivity index (χ4v) is 1.88. The van der Waals surface area contributed by atoms with Crippen LogP contribution in [0.1, 0.15) is 27.2 Å². The number of carbonyl (C=O) groups is 1. The highest BCUT2D eigenvalue weighted by atomic mass is 16.5. The second kappa shape index (κ2) is 6.08. The number of carbonyl (C=O) groups excluding carboxylic acids is 1. The van der Waals surface area contributed by atoms with Crippen LogP contribution in [0.5, 0.6) is 0 Å². The van der Waals surface area contributed by atoms with Gasteiger partial charge in [-0.1, -0.05) is 0 Å². The topological polar surface area (TPSA) is 41.6 Å². The summed E-state index contributed by atoms with van der Waals surface area (Å²) in [5.74, 6) is 0.104. The summed E-state index contributed by atoms with van der Waals surface area (Å²) in [5, 5.41) is 3.22. The normalized spacial score (nSPS) is 22.7. The van der Waals surface area contributed by atoms with Gasteiger partial charge in [-0.3, -0.25) is 4.79 Å². The van der Waals surface area contributed by atoms with Gasteiger partial charge in [-0.15, -0.1) is 0 Å². The van der Waals surface area contributed by atoms with Crippen molar-refractivity contribution >= 4 is 5.91 Å². The average Bonchev–Trinajstić information content (AvgIpc) is 2.72. The molecule has 88 valence electrons. The summed E-state index contributed by atoms with van der Waals surface area (Å²) < 4.78 is 5.70. The first-order valence-corrected chi connectivity index (χ1v) is 5.84. The number of nitrogens with one attached hydrogen (secondary N) is 1. The molecule has 1 fully saturated rings. The molecule has 1 rings (SSSR count). The number of hydrogen-bond acceptors (Lipinski definition) is 3. The molecule has 2 atom stereocenters. The lowest BCUT2D eigenvalue weighted by Crippen LogP contribution is -2.40. The Morgan fingerprint density at radius 3 is 2.67 bits per heavy atom. The molecule has 0 aliphatic carbocycles. The first-order valence-electron chi connectivity index (χ1n) is 5.84. The van der Waals surface area contributed by atoms with Crippen molar-refractivity contribution in [3.05, 3.63) is 0 Å². The molecule has 0 aromatic carbocycles. The molecule has 1 saturated heterocycles. The highest BCUT2D eigenvalue weighted by molar-refractivity contribution is 5.80. The van der Waals surface area contributed by atoms with Crippen molar-refractivity contribution in [2.24, 2.45) is 0 Å². The minimum absolute atomic E-state index is 0.104. The van der Waals surface area contributed by atoms with E-state index in [2.05, 4.69) is 5.32 Å². The number of likely N-dealkylation sites (N-methyl/N-ethyl adjacent to an activating group) is 1. The van der Waals surface area contributed by atoms with E-state index in [1.54, 1.807) is 0 Å². The third-order valence-electron chi connectivity index (χ3n) is 2.83. The number of hydrogen-bond donors (Lipinski definition) is 1. The van der Waals surface area contributed by atoms with Crippen molar-refractivity contribution in [2.75, 3.05) is 26.2 Å². The van der Waals surface area contributed by atoms with E-state index < -0.39 is 0 Å². The molecular formula is C11H22N2O2. The molecule has 1 amide bonds. The fourth-order valence-electron chi connectivity index (χ4n) is 1.88. The maximum absolute atomic E-state index is 11.9. The monoisotopic (exact) mass is 214 g/mol. The van der Waals surface area contributed by atoms with E-state index in [1.807, 2.05) is 25.7 Å². The third kappa shape index (κ3) is 3.47. The SMILES string of the molecule is CCN(CC)C(=O)C(C)OC1CCNC1. The standard InChI is InChI=1S/C11H22N2O2/c1-4-13(5-2)11(14)9(3)15-10-6-7-12-8-10/h9-10,12H,4-8H2,1-3H3. The lowest BCUT2D eigenvalue weighted by molar-refractivity contribution is -0.145. The van der Waals surface area contributed by atoms with Crippen molar-refractivity contribution in [1.82, 2.24) is 10.2 Å². The third-order valence-corrected chi connectivity index (χ3v) is 2.83. The zero-order valence-corrected chi connectivity index (χ0v) is 9.95. The van der Waals surface area contributed by atoms with E-state index in [0.717, 1.165) is 32.6 Å². The lowest BCUT2D eigenvalue weighted by atomic mass is 10.3. The number of ether oxygens (including phenoxy) is 1. The molecule has 4 nitrogen and oxygen atoms in total. The van der Waals surface area contributed by atoms with E-state index in [-0.39, 0.29) is 18.1 Å². The maximum atomic E-state index is 11.9. The van der Waals surface area contributed by atoms with Gasteiger partial charge in [-0.25, -0.2) is 0 Å². The van der Waals surface area contributed by atoms with Crippen molar-refractivity contribution in [1.29, 1.82) is 0 Å². The molecule has 0 aromatic rings. The van der Waals surface area contributed by atoms with Gasteiger partial charge < -0.3 is 15.0 Å². The van der Waals surface area contributed by atoms with Gasteiger partial charge in [0.25, 0.3) is 5.91 Å². The summed E-state index contributed by atoms with van der Waals surface area (Å²) in [4.78, 5) is 13.7. The smallest absolute Gasteiger partial charge is 0.251 e. The number of nitrogens with zero attached hydrogens (tertiary/aromatic N) is 1. The second-order valence-electron chi connectivity index (χ2n) is 3.90. The Kier molecular flexibility index (Phi) is 5.05. The molecule has 0 spiro atoms. The number of rotatable bonds is 5. The summed E-state index contributed by atoms with van der Waals surface area (Å²) in [6.07, 6.45) is 0.907. The summed E-state index contributed by atoms with van der Waals surface area (Å²) in [6, 6.07) is 0. The summed E-state index contributed by atoms with van der Waals surface area (Å²) in [5.41, 5.74) is 0. The molecule has 0 bridgehead atoms. The predicted molar refractivity (Wildman–Crippen MR) is 59.7 cm³/mol. The minimum atomic E-state index is -0.310. The second-order valence-corrected chi connectivity index (χ2v) is 3.90. The zero-order chi connectivity index (χ0) is 11.3. The van der Waals surface area contributed by atoms with Gasteiger partial charge in [0.1, 0.15) is 6.10 Å². The van der Waals surface area contributed by atoms with Gasteiger partial charge in [0.15, 0.2) is 0 Å². The Morgan fingerprint density at radius 1 is 1.53 bits per heavy atom. The quantitative estimate of drug-likeness (QED) is 0.729. The highest BCUT2D eigenvalue weighted by Crippen LogP contribution is 2.08. The van der Waals surface area contributed by atoms with E-state index in [9.17, 15) is 4.79 Å². The number of amides is 1. The molecule has 15 heavy (non-hydrogen) atoms. The van der Waals surface area contributed by atoms with Gasteiger partial charge in [0.05, 0.1) is 6.10 Å². The van der Waals surface area contributed by atoms with Gasteiger partial charge in [-0.05, 0) is 33.7 Å². The molecule has 4 heteroatoms. The zero-order valence-electron chi connectivity index (χ0n) is 9.95. The Hall–Kier alpha value is -0.610. The van der Waals surface area contributed by atoms with Crippen LogP contribution in [0.4, 0.5) is 0 Å². The van der Waals surface area contributed by atoms with Crippen LogP contribution in [-0.4, -0.2) is 49.2 Å². The van der Waals surface area contributed by atoms with Crippen molar-refractivity contribution < 1.29 is 9.53 Å². The van der Waals surface area contributed by atoms with Crippen molar-refractivity contribution in [2.45, 2.75) is 39.4 Å². The van der Waals surface area contributed by atoms with Crippen LogP contribution in [0.2, 0.25) is 0 Å². The summed E-state index contributed by atoms with van der Waals surface area (Å²) in [7, 11) is 0. The molecule has 2 unspecified atom stereocenters. The van der Waals surface area contributed by atoms with Crippen LogP contribution in [0.3, 0.4) is 0 Å². The average molecular weight is 214 g/mol. The highest BCUT2D eigenvalue weighted by Gasteiger charge is 2.24. The van der Waals surface area contributed by atoms with Crippen LogP contribution in [0, 0.1) is 0 Å². The van der Waals surface area contributed by atoms with Crippen LogP contribution >= 0.6 is 0 Å². The first-order chi connectivity index (χ1) is 7.19. The molecule has 1 aliphatic heterocycles. The van der Waals surface area contributed by atoms with Gasteiger partial charge in [0, 0.05) is 19.6 Å². The molecule has 0 aromatic heterocycles. The van der Waals surface area contributed by atoms with Crippen molar-refractivity contribution in [3.8, 4) is 0 Å². The molecule has 1 aliphatic rings. The maximum Gasteiger partial charge on any atom is 0.251 e. The van der Waals surface area contributed by atoms with E-state index in [1.165, 1.54) is 0 Å². The van der Waals surface area contributed by atoms with Crippen LogP contribution in [-0.2, 0) is 9.53 Å². The summed E-state index contributed by atoms with van der Waals surface area (Å²) in [6.45, 7) is 9.21. The first kappa shape index (κ1) is 12.5. The Bertz CT molecular complexity index is 199. The molecule has 0 radical (unpaired) electrons. The molecule has 1 heterocycles. The van der Waals surface area contributed by atoms with Crippen LogP contribution < -0.4 is 5.32 Å². The van der Waals surface area contributed by atoms with Crippen molar-refractivity contribution in [3.63, 3.8) is 0 Å². The molecular weight excluding hydrogens is 192 g/mol. The van der Waals surface area contributed by atoms with Gasteiger partial charge in [0.2, 0.25) is 0 Å². The minimum Gasteiger partial charge on any atom is -0.364 e. The predicted octanol–water partition coefficient (Wildman–Crippen LogP) is 0.622. The molecule has 1 N–H and O–H groups in total. The van der Waals surface area contributed by atoms with Gasteiger partial charge >= 0.3 is 0 Å². The van der Waals surface area contributed by atoms with Crippen LogP contribution in [0.15, 0.2) is 0 Å². The molecule has 0 saturated carbocycles. The van der Waals surface area contributed by atoms with E-state index in [4.69, 9.17) is 4.74 Å². The van der Waals surface area contributed by atoms with Crippen LogP contribution in [0.25, 0.3) is 0 Å². The Morgan fingerprint density at radius 2 is 2.20 bits per heavy atom. The van der Waals surface area contributed by atoms with Gasteiger partial charge in [-0.2, -0.15) is 0 Å².